The van der Waals surface area contributed by atoms with Crippen molar-refractivity contribution < 1.29 is 22.7 Å². The van der Waals surface area contributed by atoms with Crippen LogP contribution in [0.3, 0.4) is 0 Å². The van der Waals surface area contributed by atoms with Crippen LogP contribution in [0.5, 0.6) is 0 Å². The van der Waals surface area contributed by atoms with Crippen molar-refractivity contribution >= 4 is 17.7 Å². The second-order valence-corrected chi connectivity index (χ2v) is 8.52. The zero-order valence-electron chi connectivity index (χ0n) is 18.6. The lowest BCUT2D eigenvalue weighted by Crippen LogP contribution is -2.49. The third-order valence-corrected chi connectivity index (χ3v) is 4.73. The van der Waals surface area contributed by atoms with Crippen molar-refractivity contribution in [2.24, 2.45) is 5.92 Å². The molecule has 0 bridgehead atoms. The third-order valence-electron chi connectivity index (χ3n) is 4.73. The number of carbonyl (C=O) groups is 1. The van der Waals surface area contributed by atoms with Crippen molar-refractivity contribution in [3.63, 3.8) is 0 Å². The summed E-state index contributed by atoms with van der Waals surface area (Å²) in [5.74, 6) is 1.37. The zero-order chi connectivity index (χ0) is 23.5. The first-order chi connectivity index (χ1) is 15.0. The molecule has 2 aromatic rings. The number of nitrogens with zero attached hydrogens (tertiary/aromatic N) is 3. The second kappa shape index (κ2) is 9.72. The van der Waals surface area contributed by atoms with Crippen LogP contribution in [0.4, 0.5) is 29.6 Å². The molecule has 0 saturated carbocycles. The largest absolute Gasteiger partial charge is 0.444 e. The lowest BCUT2D eigenvalue weighted by molar-refractivity contribution is -0.137. The summed E-state index contributed by atoms with van der Waals surface area (Å²) in [6, 6.07) is 3.81. The van der Waals surface area contributed by atoms with Gasteiger partial charge < -0.3 is 15.0 Å². The van der Waals surface area contributed by atoms with Crippen LogP contribution >= 0.6 is 0 Å². The molecule has 2 N–H and O–H groups in total. The number of ether oxygens (including phenoxy) is 1. The summed E-state index contributed by atoms with van der Waals surface area (Å²) in [6.07, 6.45) is -3.73. The molecule has 0 aromatic carbocycles. The van der Waals surface area contributed by atoms with Crippen LogP contribution in [0.2, 0.25) is 0 Å². The standard InChI is InChI=1S/C18H18F3N5O2.C4H10/c1-10-8-26(5-4-22-10)15-7-11(18(19,20)21)6-14(24-15)12-2-3-23-16-13(12)9-28-17(27)25-16;1-4(2)3/h2-3,6-7,10,22H,4-5,8-9H2,1H3,(H,23,25,27);4H,1-3H3. The van der Waals surface area contributed by atoms with E-state index in [4.69, 9.17) is 4.74 Å². The first-order valence-corrected chi connectivity index (χ1v) is 10.5. The summed E-state index contributed by atoms with van der Waals surface area (Å²) in [7, 11) is 0. The molecule has 174 valence electrons. The predicted molar refractivity (Wildman–Crippen MR) is 116 cm³/mol. The van der Waals surface area contributed by atoms with E-state index >= 15 is 0 Å². The minimum Gasteiger partial charge on any atom is -0.444 e. The number of carbonyl (C=O) groups excluding carboxylic acids is 1. The number of anilines is 2. The van der Waals surface area contributed by atoms with Gasteiger partial charge in [-0.15, -0.1) is 0 Å². The topological polar surface area (TPSA) is 79.4 Å². The lowest BCUT2D eigenvalue weighted by atomic mass is 10.0. The summed E-state index contributed by atoms with van der Waals surface area (Å²) < 4.78 is 45.6. The van der Waals surface area contributed by atoms with Gasteiger partial charge in [0.05, 0.1) is 11.3 Å². The highest BCUT2D eigenvalue weighted by atomic mass is 19.4. The maximum absolute atomic E-state index is 13.5. The van der Waals surface area contributed by atoms with E-state index in [1.54, 1.807) is 6.07 Å². The molecule has 0 aliphatic carbocycles. The van der Waals surface area contributed by atoms with Crippen LogP contribution in [0.25, 0.3) is 11.3 Å². The van der Waals surface area contributed by atoms with Gasteiger partial charge >= 0.3 is 12.3 Å². The Morgan fingerprint density at radius 2 is 1.97 bits per heavy atom. The van der Waals surface area contributed by atoms with Crippen LogP contribution in [0.1, 0.15) is 38.8 Å². The van der Waals surface area contributed by atoms with Crippen molar-refractivity contribution in [1.82, 2.24) is 15.3 Å². The number of hydrogen-bond acceptors (Lipinski definition) is 6. The number of nitrogens with one attached hydrogen (secondary N) is 2. The van der Waals surface area contributed by atoms with Gasteiger partial charge in [-0.25, -0.2) is 14.8 Å². The molecule has 1 atom stereocenters. The molecule has 1 saturated heterocycles. The van der Waals surface area contributed by atoms with E-state index in [2.05, 4.69) is 41.4 Å². The highest BCUT2D eigenvalue weighted by Crippen LogP contribution is 2.36. The van der Waals surface area contributed by atoms with Gasteiger partial charge in [-0.2, -0.15) is 13.2 Å². The number of rotatable bonds is 2. The summed E-state index contributed by atoms with van der Waals surface area (Å²) in [5.41, 5.74) is 0.327. The summed E-state index contributed by atoms with van der Waals surface area (Å²) in [5, 5.41) is 5.72. The Bertz CT molecular complexity index is 962. The minimum absolute atomic E-state index is 0.0811. The Hall–Kier alpha value is -2.88. The number of aromatic nitrogens is 2. The van der Waals surface area contributed by atoms with Gasteiger partial charge in [-0.05, 0) is 31.0 Å². The number of pyridine rings is 2. The molecule has 1 fully saturated rings. The number of fused-ring (bicyclic) bond motifs is 1. The van der Waals surface area contributed by atoms with Gasteiger partial charge in [0.15, 0.2) is 0 Å². The number of hydrogen-bond donors (Lipinski definition) is 2. The van der Waals surface area contributed by atoms with E-state index in [0.717, 1.165) is 18.1 Å². The van der Waals surface area contributed by atoms with Gasteiger partial charge in [-0.1, -0.05) is 20.8 Å². The van der Waals surface area contributed by atoms with Crippen molar-refractivity contribution in [2.45, 2.75) is 46.5 Å². The van der Waals surface area contributed by atoms with E-state index in [9.17, 15) is 18.0 Å². The quantitative estimate of drug-likeness (QED) is 0.690. The molecule has 4 rings (SSSR count). The molecule has 2 aliphatic heterocycles. The van der Waals surface area contributed by atoms with Crippen molar-refractivity contribution in [2.75, 3.05) is 29.9 Å². The van der Waals surface area contributed by atoms with Crippen LogP contribution in [0.15, 0.2) is 24.4 Å². The van der Waals surface area contributed by atoms with E-state index < -0.39 is 17.8 Å². The fourth-order valence-corrected chi connectivity index (χ4v) is 3.38. The Labute approximate surface area is 185 Å². The van der Waals surface area contributed by atoms with Crippen LogP contribution in [0, 0.1) is 5.92 Å². The highest BCUT2D eigenvalue weighted by Gasteiger charge is 2.33. The average Bonchev–Trinajstić information content (AvgIpc) is 2.71. The Morgan fingerprint density at radius 3 is 2.62 bits per heavy atom. The first-order valence-electron chi connectivity index (χ1n) is 10.5. The van der Waals surface area contributed by atoms with Crippen LogP contribution in [-0.2, 0) is 17.5 Å². The molecule has 7 nitrogen and oxygen atoms in total. The van der Waals surface area contributed by atoms with E-state index in [1.165, 1.54) is 6.20 Å². The summed E-state index contributed by atoms with van der Waals surface area (Å²) in [4.78, 5) is 21.8. The summed E-state index contributed by atoms with van der Waals surface area (Å²) >= 11 is 0. The van der Waals surface area contributed by atoms with Gasteiger partial charge in [0.2, 0.25) is 0 Å². The number of cyclic esters (lactones) is 1. The van der Waals surface area contributed by atoms with Crippen LogP contribution < -0.4 is 15.5 Å². The lowest BCUT2D eigenvalue weighted by Gasteiger charge is -2.33. The molecule has 10 heteroatoms. The fourth-order valence-electron chi connectivity index (χ4n) is 3.38. The molecular formula is C22H28F3N5O2. The maximum Gasteiger partial charge on any atom is 0.416 e. The number of halogens is 3. The minimum atomic E-state index is -4.51. The Kier molecular flexibility index (Phi) is 7.22. The van der Waals surface area contributed by atoms with Crippen LogP contribution in [-0.4, -0.2) is 41.7 Å². The van der Waals surface area contributed by atoms with Crippen molar-refractivity contribution in [1.29, 1.82) is 0 Å². The Balaban J connectivity index is 0.000000668. The SMILES string of the molecule is CC(C)C.CC1CN(c2cc(C(F)(F)F)cc(-c3ccnc4c3COC(=O)N4)n2)CCN1. The van der Waals surface area contributed by atoms with Crippen molar-refractivity contribution in [3.8, 4) is 11.3 Å². The molecule has 0 radical (unpaired) electrons. The molecule has 0 spiro atoms. The van der Waals surface area contributed by atoms with Gasteiger partial charge in [0.25, 0.3) is 0 Å². The molecule has 32 heavy (non-hydrogen) atoms. The summed E-state index contributed by atoms with van der Waals surface area (Å²) in [6.45, 7) is 10.2. The molecule has 1 unspecified atom stereocenters. The van der Waals surface area contributed by atoms with Crippen molar-refractivity contribution in [3.05, 3.63) is 35.5 Å². The number of piperazine rings is 1. The smallest absolute Gasteiger partial charge is 0.416 e. The van der Waals surface area contributed by atoms with Gasteiger partial charge in [-0.3, -0.25) is 5.32 Å². The van der Waals surface area contributed by atoms with Gasteiger partial charge in [0.1, 0.15) is 18.2 Å². The Morgan fingerprint density at radius 1 is 1.25 bits per heavy atom. The van der Waals surface area contributed by atoms with E-state index in [-0.39, 0.29) is 30.0 Å². The molecule has 2 aromatic heterocycles. The average molecular weight is 451 g/mol. The molecule has 1 amide bonds. The van der Waals surface area contributed by atoms with E-state index in [0.29, 0.717) is 30.8 Å². The molecule has 2 aliphatic rings. The fraction of sp³-hybridized carbons (Fsp3) is 0.500. The molecule has 4 heterocycles. The first kappa shape index (κ1) is 23.8. The normalized spacial score (nSPS) is 18.3. The zero-order valence-corrected chi connectivity index (χ0v) is 18.6. The second-order valence-electron chi connectivity index (χ2n) is 8.52. The molecular weight excluding hydrogens is 423 g/mol. The monoisotopic (exact) mass is 451 g/mol. The van der Waals surface area contributed by atoms with Gasteiger partial charge in [0, 0.05) is 43.0 Å². The predicted octanol–water partition coefficient (Wildman–Crippen LogP) is 4.68. The highest BCUT2D eigenvalue weighted by molar-refractivity contribution is 5.88. The number of alkyl halides is 3. The van der Waals surface area contributed by atoms with E-state index in [1.807, 2.05) is 11.8 Å². The maximum atomic E-state index is 13.5. The third kappa shape index (κ3) is 5.87. The number of amides is 1.